The molecule has 2 fully saturated rings. The Morgan fingerprint density at radius 2 is 2.00 bits per heavy atom. The molecule has 0 radical (unpaired) electrons. The fourth-order valence-corrected chi connectivity index (χ4v) is 4.04. The molecule has 17 heavy (non-hydrogen) atoms. The molecular weight excluding hydrogens is 210 g/mol. The molecule has 0 aromatic heterocycles. The molecule has 3 aliphatic rings. The van der Waals surface area contributed by atoms with Crippen molar-refractivity contribution >= 4 is 0 Å². The summed E-state index contributed by atoms with van der Waals surface area (Å²) in [5.41, 5.74) is 3.05. The van der Waals surface area contributed by atoms with E-state index in [2.05, 4.69) is 43.2 Å². The van der Waals surface area contributed by atoms with Gasteiger partial charge in [0.05, 0.1) is 12.1 Å². The van der Waals surface area contributed by atoms with Crippen molar-refractivity contribution in [2.24, 2.45) is 17.8 Å². The highest BCUT2D eigenvalue weighted by Crippen LogP contribution is 2.57. The SMILES string of the molecule is C[C@@H]1[C@H](C)[C@H]2ON3CCc4ccccc4[C@H]3[C@@H]12. The number of nitrogens with zero attached hydrogens (tertiary/aromatic N) is 1. The summed E-state index contributed by atoms with van der Waals surface area (Å²) in [7, 11) is 0. The van der Waals surface area contributed by atoms with Gasteiger partial charge in [-0.1, -0.05) is 38.1 Å². The van der Waals surface area contributed by atoms with Crippen molar-refractivity contribution in [3.63, 3.8) is 0 Å². The number of rotatable bonds is 0. The lowest BCUT2D eigenvalue weighted by Crippen LogP contribution is -2.47. The lowest BCUT2D eigenvalue weighted by atomic mass is 9.60. The monoisotopic (exact) mass is 229 g/mol. The van der Waals surface area contributed by atoms with Crippen molar-refractivity contribution in [2.75, 3.05) is 6.54 Å². The van der Waals surface area contributed by atoms with E-state index in [0.29, 0.717) is 18.1 Å². The molecule has 1 saturated carbocycles. The van der Waals surface area contributed by atoms with Crippen LogP contribution < -0.4 is 0 Å². The Balaban J connectivity index is 1.77. The van der Waals surface area contributed by atoms with Crippen molar-refractivity contribution < 1.29 is 4.84 Å². The van der Waals surface area contributed by atoms with Crippen molar-refractivity contribution in [1.82, 2.24) is 5.06 Å². The minimum absolute atomic E-state index is 0.473. The average molecular weight is 229 g/mol. The first kappa shape index (κ1) is 10.1. The van der Waals surface area contributed by atoms with E-state index in [0.717, 1.165) is 24.8 Å². The maximum Gasteiger partial charge on any atom is 0.0871 e. The van der Waals surface area contributed by atoms with E-state index in [1.54, 1.807) is 0 Å². The molecular formula is C15H19NO. The minimum atomic E-state index is 0.473. The Bertz CT molecular complexity index is 458. The molecule has 90 valence electrons. The van der Waals surface area contributed by atoms with Crippen LogP contribution in [0, 0.1) is 17.8 Å². The zero-order chi connectivity index (χ0) is 11.6. The molecule has 0 amide bonds. The molecule has 0 bridgehead atoms. The van der Waals surface area contributed by atoms with Gasteiger partial charge in [0, 0.05) is 12.5 Å². The molecule has 0 N–H and O–H groups in total. The summed E-state index contributed by atoms with van der Waals surface area (Å²) < 4.78 is 0. The van der Waals surface area contributed by atoms with Gasteiger partial charge in [-0.2, -0.15) is 5.06 Å². The van der Waals surface area contributed by atoms with Gasteiger partial charge in [-0.05, 0) is 29.4 Å². The van der Waals surface area contributed by atoms with Gasteiger partial charge in [-0.25, -0.2) is 0 Å². The largest absolute Gasteiger partial charge is 0.294 e. The first-order chi connectivity index (χ1) is 8.27. The van der Waals surface area contributed by atoms with Crippen LogP contribution in [0.25, 0.3) is 0 Å². The molecule has 0 unspecified atom stereocenters. The molecule has 0 spiro atoms. The molecule has 4 rings (SSSR count). The van der Waals surface area contributed by atoms with Crippen LogP contribution >= 0.6 is 0 Å². The number of hydrogen-bond donors (Lipinski definition) is 0. The zero-order valence-corrected chi connectivity index (χ0v) is 10.5. The first-order valence-corrected chi connectivity index (χ1v) is 6.78. The normalized spacial score (nSPS) is 43.5. The third kappa shape index (κ3) is 1.18. The highest BCUT2D eigenvalue weighted by atomic mass is 16.7. The van der Waals surface area contributed by atoms with Crippen LogP contribution in [0.5, 0.6) is 0 Å². The summed E-state index contributed by atoms with van der Waals surface area (Å²) in [6.07, 6.45) is 1.61. The quantitative estimate of drug-likeness (QED) is 0.678. The van der Waals surface area contributed by atoms with Crippen molar-refractivity contribution in [3.05, 3.63) is 35.4 Å². The second-order valence-corrected chi connectivity index (χ2v) is 5.90. The Morgan fingerprint density at radius 3 is 2.88 bits per heavy atom. The van der Waals surface area contributed by atoms with Crippen LogP contribution in [-0.2, 0) is 11.3 Å². The highest BCUT2D eigenvalue weighted by Gasteiger charge is 2.58. The summed E-state index contributed by atoms with van der Waals surface area (Å²) in [6.45, 7) is 5.78. The van der Waals surface area contributed by atoms with E-state index in [1.165, 1.54) is 11.1 Å². The van der Waals surface area contributed by atoms with Crippen LogP contribution in [0.4, 0.5) is 0 Å². The summed E-state index contributed by atoms with van der Waals surface area (Å²) in [4.78, 5) is 6.14. The van der Waals surface area contributed by atoms with Crippen molar-refractivity contribution in [2.45, 2.75) is 32.4 Å². The molecule has 5 atom stereocenters. The van der Waals surface area contributed by atoms with E-state index >= 15 is 0 Å². The van der Waals surface area contributed by atoms with Gasteiger partial charge < -0.3 is 0 Å². The fraction of sp³-hybridized carbons (Fsp3) is 0.600. The van der Waals surface area contributed by atoms with Gasteiger partial charge in [-0.3, -0.25) is 4.84 Å². The van der Waals surface area contributed by atoms with E-state index in [1.807, 2.05) is 0 Å². The molecule has 2 heteroatoms. The Morgan fingerprint density at radius 1 is 1.18 bits per heavy atom. The minimum Gasteiger partial charge on any atom is -0.294 e. The van der Waals surface area contributed by atoms with Crippen molar-refractivity contribution in [1.29, 1.82) is 0 Å². The first-order valence-electron chi connectivity index (χ1n) is 6.78. The Hall–Kier alpha value is -0.860. The lowest BCUT2D eigenvalue weighted by Gasteiger charge is -2.45. The summed E-state index contributed by atoms with van der Waals surface area (Å²) in [5, 5.41) is 2.26. The average Bonchev–Trinajstić information content (AvgIpc) is 2.74. The predicted molar refractivity (Wildman–Crippen MR) is 66.3 cm³/mol. The van der Waals surface area contributed by atoms with Gasteiger partial charge in [0.15, 0.2) is 0 Å². The molecule has 1 aromatic rings. The third-order valence-electron chi connectivity index (χ3n) is 5.24. The summed E-state index contributed by atoms with van der Waals surface area (Å²) in [5.74, 6) is 2.23. The lowest BCUT2D eigenvalue weighted by molar-refractivity contribution is -0.193. The second kappa shape index (κ2) is 3.33. The number of fused-ring (bicyclic) bond motifs is 5. The number of hydrogen-bond acceptors (Lipinski definition) is 2. The molecule has 2 nitrogen and oxygen atoms in total. The molecule has 1 aromatic carbocycles. The van der Waals surface area contributed by atoms with Gasteiger partial charge in [0.25, 0.3) is 0 Å². The smallest absolute Gasteiger partial charge is 0.0871 e. The molecule has 2 heterocycles. The summed E-state index contributed by atoms with van der Waals surface area (Å²) >= 11 is 0. The van der Waals surface area contributed by atoms with E-state index in [9.17, 15) is 0 Å². The van der Waals surface area contributed by atoms with Gasteiger partial charge in [0.1, 0.15) is 0 Å². The van der Waals surface area contributed by atoms with Gasteiger partial charge in [-0.15, -0.1) is 0 Å². The topological polar surface area (TPSA) is 12.5 Å². The standard InChI is InChI=1S/C15H19NO/c1-9-10(2)15-13(9)14-12-6-4-3-5-11(12)7-8-16(14)17-15/h3-6,9-10,13-15H,7-8H2,1-2H3/t9-,10+,13-,14+,15-/m1/s1. The Labute approximate surface area is 103 Å². The van der Waals surface area contributed by atoms with Crippen LogP contribution in [0.15, 0.2) is 24.3 Å². The van der Waals surface area contributed by atoms with Gasteiger partial charge in [0.2, 0.25) is 0 Å². The second-order valence-electron chi connectivity index (χ2n) is 5.90. The van der Waals surface area contributed by atoms with E-state index < -0.39 is 0 Å². The Kier molecular flexibility index (Phi) is 1.98. The third-order valence-corrected chi connectivity index (χ3v) is 5.24. The van der Waals surface area contributed by atoms with Gasteiger partial charge >= 0.3 is 0 Å². The van der Waals surface area contributed by atoms with Crippen LogP contribution in [0.2, 0.25) is 0 Å². The maximum absolute atomic E-state index is 6.14. The van der Waals surface area contributed by atoms with E-state index in [4.69, 9.17) is 4.84 Å². The summed E-state index contributed by atoms with van der Waals surface area (Å²) in [6, 6.07) is 9.44. The van der Waals surface area contributed by atoms with Crippen molar-refractivity contribution in [3.8, 4) is 0 Å². The molecule has 1 aliphatic carbocycles. The van der Waals surface area contributed by atoms with Crippen LogP contribution in [0.1, 0.15) is 31.0 Å². The number of hydroxylamine groups is 2. The molecule has 2 aliphatic heterocycles. The zero-order valence-electron chi connectivity index (χ0n) is 10.5. The van der Waals surface area contributed by atoms with Crippen LogP contribution in [0.3, 0.4) is 0 Å². The predicted octanol–water partition coefficient (Wildman–Crippen LogP) is 2.80. The van der Waals surface area contributed by atoms with Crippen LogP contribution in [-0.4, -0.2) is 17.7 Å². The van der Waals surface area contributed by atoms with E-state index in [-0.39, 0.29) is 0 Å². The highest BCUT2D eigenvalue weighted by molar-refractivity contribution is 5.34. The maximum atomic E-state index is 6.14. The fourth-order valence-electron chi connectivity index (χ4n) is 4.04. The number of benzene rings is 1. The molecule has 1 saturated heterocycles.